The standard InChI is InChI=1S/C13H15NO2/c15-13(9-5-6-9)14-11-7-8-16-12-4-2-1-3-10(11)12/h1-4,9,11H,5-8H2,(H,14,15)/t11-/m1/s1. The van der Waals surface area contributed by atoms with Crippen molar-refractivity contribution in [1.82, 2.24) is 5.32 Å². The molecule has 3 nitrogen and oxygen atoms in total. The van der Waals surface area contributed by atoms with Crippen molar-refractivity contribution < 1.29 is 9.53 Å². The highest BCUT2D eigenvalue weighted by atomic mass is 16.5. The Morgan fingerprint density at radius 3 is 2.88 bits per heavy atom. The zero-order valence-corrected chi connectivity index (χ0v) is 9.11. The van der Waals surface area contributed by atoms with Crippen LogP contribution in [0.2, 0.25) is 0 Å². The maximum atomic E-state index is 11.7. The quantitative estimate of drug-likeness (QED) is 0.823. The largest absolute Gasteiger partial charge is 0.493 e. The first-order chi connectivity index (χ1) is 7.84. The van der Waals surface area contributed by atoms with Gasteiger partial charge in [0, 0.05) is 17.9 Å². The van der Waals surface area contributed by atoms with Gasteiger partial charge in [-0.05, 0) is 18.9 Å². The summed E-state index contributed by atoms with van der Waals surface area (Å²) in [6.07, 6.45) is 2.98. The molecule has 0 aromatic heterocycles. The second-order valence-electron chi connectivity index (χ2n) is 4.51. The zero-order valence-electron chi connectivity index (χ0n) is 9.11. The molecule has 1 N–H and O–H groups in total. The van der Waals surface area contributed by atoms with Crippen LogP contribution in [-0.4, -0.2) is 12.5 Å². The van der Waals surface area contributed by atoms with E-state index in [1.54, 1.807) is 0 Å². The van der Waals surface area contributed by atoms with Crippen LogP contribution in [0, 0.1) is 5.92 Å². The molecule has 1 fully saturated rings. The fourth-order valence-electron chi connectivity index (χ4n) is 2.13. The van der Waals surface area contributed by atoms with Crippen molar-refractivity contribution in [2.45, 2.75) is 25.3 Å². The maximum absolute atomic E-state index is 11.7. The minimum Gasteiger partial charge on any atom is -0.493 e. The van der Waals surface area contributed by atoms with E-state index in [1.807, 2.05) is 24.3 Å². The highest BCUT2D eigenvalue weighted by molar-refractivity contribution is 5.81. The molecule has 2 aliphatic rings. The average Bonchev–Trinajstić information content (AvgIpc) is 3.13. The van der Waals surface area contributed by atoms with Crippen molar-refractivity contribution in [2.24, 2.45) is 5.92 Å². The summed E-state index contributed by atoms with van der Waals surface area (Å²) in [6, 6.07) is 8.09. The Morgan fingerprint density at radius 2 is 2.06 bits per heavy atom. The fourth-order valence-corrected chi connectivity index (χ4v) is 2.13. The molecule has 1 heterocycles. The summed E-state index contributed by atoms with van der Waals surface area (Å²) < 4.78 is 5.56. The minimum atomic E-state index is 0.137. The number of rotatable bonds is 2. The van der Waals surface area contributed by atoms with E-state index in [0.29, 0.717) is 6.61 Å². The predicted octanol–water partition coefficient (Wildman–Crippen LogP) is 2.04. The third kappa shape index (κ3) is 1.77. The number of hydrogen-bond acceptors (Lipinski definition) is 2. The number of carbonyl (C=O) groups excluding carboxylic acids is 1. The number of carbonyl (C=O) groups is 1. The van der Waals surface area contributed by atoms with Gasteiger partial charge in [-0.2, -0.15) is 0 Å². The van der Waals surface area contributed by atoms with Crippen LogP contribution < -0.4 is 10.1 Å². The Morgan fingerprint density at radius 1 is 1.25 bits per heavy atom. The third-order valence-electron chi connectivity index (χ3n) is 3.22. The maximum Gasteiger partial charge on any atom is 0.223 e. The van der Waals surface area contributed by atoms with E-state index in [1.165, 1.54) is 0 Å². The summed E-state index contributed by atoms with van der Waals surface area (Å²) >= 11 is 0. The van der Waals surface area contributed by atoms with Gasteiger partial charge in [0.2, 0.25) is 5.91 Å². The first-order valence-corrected chi connectivity index (χ1v) is 5.87. The number of nitrogens with one attached hydrogen (secondary N) is 1. The van der Waals surface area contributed by atoms with Crippen LogP contribution in [0.15, 0.2) is 24.3 Å². The van der Waals surface area contributed by atoms with Crippen LogP contribution in [0.25, 0.3) is 0 Å². The van der Waals surface area contributed by atoms with Gasteiger partial charge >= 0.3 is 0 Å². The molecule has 1 saturated carbocycles. The molecule has 1 amide bonds. The van der Waals surface area contributed by atoms with Gasteiger partial charge in [-0.25, -0.2) is 0 Å². The number of para-hydroxylation sites is 1. The van der Waals surface area contributed by atoms with Crippen LogP contribution in [0.5, 0.6) is 5.75 Å². The number of benzene rings is 1. The first kappa shape index (κ1) is 9.70. The lowest BCUT2D eigenvalue weighted by Gasteiger charge is -2.26. The van der Waals surface area contributed by atoms with Gasteiger partial charge in [-0.3, -0.25) is 4.79 Å². The van der Waals surface area contributed by atoms with Crippen molar-refractivity contribution in [3.63, 3.8) is 0 Å². The lowest BCUT2D eigenvalue weighted by Crippen LogP contribution is -2.33. The van der Waals surface area contributed by atoms with Gasteiger partial charge in [-0.15, -0.1) is 0 Å². The fraction of sp³-hybridized carbons (Fsp3) is 0.462. The molecule has 0 spiro atoms. The smallest absolute Gasteiger partial charge is 0.223 e. The van der Waals surface area contributed by atoms with Gasteiger partial charge in [-0.1, -0.05) is 18.2 Å². The van der Waals surface area contributed by atoms with Crippen molar-refractivity contribution in [2.75, 3.05) is 6.61 Å². The average molecular weight is 217 g/mol. The molecule has 3 heteroatoms. The van der Waals surface area contributed by atoms with Crippen molar-refractivity contribution >= 4 is 5.91 Å². The number of amides is 1. The van der Waals surface area contributed by atoms with Gasteiger partial charge in [0.15, 0.2) is 0 Å². The van der Waals surface area contributed by atoms with Crippen molar-refractivity contribution in [3.05, 3.63) is 29.8 Å². The molecule has 16 heavy (non-hydrogen) atoms. The lowest BCUT2D eigenvalue weighted by molar-refractivity contribution is -0.123. The summed E-state index contributed by atoms with van der Waals surface area (Å²) in [7, 11) is 0. The van der Waals surface area contributed by atoms with E-state index in [9.17, 15) is 4.79 Å². The molecular weight excluding hydrogens is 202 g/mol. The van der Waals surface area contributed by atoms with Gasteiger partial charge in [0.05, 0.1) is 12.6 Å². The topological polar surface area (TPSA) is 38.3 Å². The highest BCUT2D eigenvalue weighted by Crippen LogP contribution is 2.34. The van der Waals surface area contributed by atoms with E-state index in [2.05, 4.69) is 5.32 Å². The van der Waals surface area contributed by atoms with E-state index < -0.39 is 0 Å². The van der Waals surface area contributed by atoms with Crippen LogP contribution in [-0.2, 0) is 4.79 Å². The predicted molar refractivity (Wildman–Crippen MR) is 60.2 cm³/mol. The molecule has 1 atom stereocenters. The molecule has 0 unspecified atom stereocenters. The molecular formula is C13H15NO2. The number of ether oxygens (including phenoxy) is 1. The molecule has 1 aromatic rings. The van der Waals surface area contributed by atoms with Crippen molar-refractivity contribution in [1.29, 1.82) is 0 Å². The van der Waals surface area contributed by atoms with Gasteiger partial charge in [0.1, 0.15) is 5.75 Å². The van der Waals surface area contributed by atoms with Crippen LogP contribution >= 0.6 is 0 Å². The Balaban J connectivity index is 1.78. The molecule has 1 aliphatic carbocycles. The van der Waals surface area contributed by atoms with Crippen molar-refractivity contribution in [3.8, 4) is 5.75 Å². The molecule has 84 valence electrons. The molecule has 0 radical (unpaired) electrons. The second kappa shape index (κ2) is 3.81. The van der Waals surface area contributed by atoms with Crippen LogP contribution in [0.1, 0.15) is 30.9 Å². The van der Waals surface area contributed by atoms with Gasteiger partial charge in [0.25, 0.3) is 0 Å². The van der Waals surface area contributed by atoms with E-state index in [4.69, 9.17) is 4.74 Å². The summed E-state index contributed by atoms with van der Waals surface area (Å²) in [6.45, 7) is 0.687. The SMILES string of the molecule is O=C(N[C@@H]1CCOc2ccccc21)C1CC1. The van der Waals surface area contributed by atoms with Crippen LogP contribution in [0.3, 0.4) is 0 Å². The third-order valence-corrected chi connectivity index (χ3v) is 3.22. The first-order valence-electron chi connectivity index (χ1n) is 5.87. The summed E-state index contributed by atoms with van der Waals surface area (Å²) in [5, 5.41) is 3.12. The minimum absolute atomic E-state index is 0.137. The summed E-state index contributed by atoms with van der Waals surface area (Å²) in [4.78, 5) is 11.7. The molecule has 0 bridgehead atoms. The zero-order chi connectivity index (χ0) is 11.0. The molecule has 3 rings (SSSR count). The normalized spacial score (nSPS) is 23.1. The number of hydrogen-bond donors (Lipinski definition) is 1. The Kier molecular flexibility index (Phi) is 2.31. The Hall–Kier alpha value is -1.51. The molecule has 1 aliphatic heterocycles. The van der Waals surface area contributed by atoms with Crippen LogP contribution in [0.4, 0.5) is 0 Å². The second-order valence-corrected chi connectivity index (χ2v) is 4.51. The van der Waals surface area contributed by atoms with E-state index in [0.717, 1.165) is 30.6 Å². The Bertz CT molecular complexity index is 412. The van der Waals surface area contributed by atoms with E-state index in [-0.39, 0.29) is 17.9 Å². The summed E-state index contributed by atoms with van der Waals surface area (Å²) in [5.41, 5.74) is 1.11. The summed E-state index contributed by atoms with van der Waals surface area (Å²) in [5.74, 6) is 1.39. The lowest BCUT2D eigenvalue weighted by atomic mass is 10.0. The molecule has 0 saturated heterocycles. The van der Waals surface area contributed by atoms with Gasteiger partial charge < -0.3 is 10.1 Å². The molecule has 1 aromatic carbocycles. The highest BCUT2D eigenvalue weighted by Gasteiger charge is 2.32. The monoisotopic (exact) mass is 217 g/mol. The number of fused-ring (bicyclic) bond motifs is 1. The Labute approximate surface area is 94.8 Å². The van der Waals surface area contributed by atoms with E-state index >= 15 is 0 Å².